The Hall–Kier alpha value is -1.47. The fourth-order valence-electron chi connectivity index (χ4n) is 2.21. The molecule has 20 heavy (non-hydrogen) atoms. The molecule has 0 heterocycles. The zero-order chi connectivity index (χ0) is 14.8. The molecule has 1 nitrogen and oxygen atoms in total. The molecule has 1 unspecified atom stereocenters. The molecular weight excluding hydrogens is 268 g/mol. The Morgan fingerprint density at radius 2 is 1.60 bits per heavy atom. The summed E-state index contributed by atoms with van der Waals surface area (Å²) < 4.78 is 5.47. The minimum Gasteiger partial charge on any atom is -0.496 e. The zero-order valence-corrected chi connectivity index (χ0v) is 13.2. The molecule has 2 aromatic carbocycles. The summed E-state index contributed by atoms with van der Waals surface area (Å²) in [6, 6.07) is 16.5. The monoisotopic (exact) mass is 288 g/mol. The van der Waals surface area contributed by atoms with Crippen LogP contribution in [0.25, 0.3) is 11.1 Å². The first-order valence-corrected chi connectivity index (χ1v) is 7.24. The second kappa shape index (κ2) is 5.88. The molecule has 0 amide bonds. The van der Waals surface area contributed by atoms with E-state index in [9.17, 15) is 0 Å². The Balaban J connectivity index is 2.50. The van der Waals surface area contributed by atoms with Gasteiger partial charge in [0.25, 0.3) is 0 Å². The van der Waals surface area contributed by atoms with E-state index < -0.39 is 0 Å². The maximum Gasteiger partial charge on any atom is 0.123 e. The van der Waals surface area contributed by atoms with Crippen LogP contribution in [0, 0.1) is 5.41 Å². The Morgan fingerprint density at radius 1 is 0.950 bits per heavy atom. The van der Waals surface area contributed by atoms with Crippen molar-refractivity contribution in [3.63, 3.8) is 0 Å². The highest BCUT2D eigenvalue weighted by Crippen LogP contribution is 2.43. The van der Waals surface area contributed by atoms with Crippen molar-refractivity contribution in [3.8, 4) is 16.9 Å². The molecule has 0 bridgehead atoms. The number of alkyl halides is 1. The topological polar surface area (TPSA) is 9.23 Å². The molecule has 0 saturated heterocycles. The number of ether oxygens (including phenoxy) is 1. The van der Waals surface area contributed by atoms with Crippen molar-refractivity contribution in [2.75, 3.05) is 7.11 Å². The summed E-state index contributed by atoms with van der Waals surface area (Å²) >= 11 is 6.65. The second-order valence-electron chi connectivity index (χ2n) is 6.05. The number of halogens is 1. The third-order valence-electron chi connectivity index (χ3n) is 3.37. The van der Waals surface area contributed by atoms with E-state index in [-0.39, 0.29) is 10.8 Å². The summed E-state index contributed by atoms with van der Waals surface area (Å²) in [5, 5.41) is -0.0962. The van der Waals surface area contributed by atoms with Crippen molar-refractivity contribution in [2.24, 2.45) is 5.41 Å². The molecule has 0 aliphatic carbocycles. The summed E-state index contributed by atoms with van der Waals surface area (Å²) in [5.41, 5.74) is 3.37. The SMILES string of the molecule is COc1ccc(-c2ccccc2)cc1C(Cl)C(C)(C)C. The summed E-state index contributed by atoms with van der Waals surface area (Å²) in [5.74, 6) is 0.847. The van der Waals surface area contributed by atoms with E-state index in [1.807, 2.05) is 24.3 Å². The van der Waals surface area contributed by atoms with Gasteiger partial charge in [-0.3, -0.25) is 0 Å². The highest BCUT2D eigenvalue weighted by molar-refractivity contribution is 6.21. The fraction of sp³-hybridized carbons (Fsp3) is 0.333. The van der Waals surface area contributed by atoms with Gasteiger partial charge in [-0.25, -0.2) is 0 Å². The maximum absolute atomic E-state index is 6.65. The molecule has 0 N–H and O–H groups in total. The molecule has 1 atom stereocenters. The largest absolute Gasteiger partial charge is 0.496 e. The highest BCUT2D eigenvalue weighted by atomic mass is 35.5. The van der Waals surface area contributed by atoms with Gasteiger partial charge in [-0.1, -0.05) is 57.2 Å². The molecule has 2 aromatic rings. The summed E-state index contributed by atoms with van der Waals surface area (Å²) in [6.07, 6.45) is 0. The molecule has 0 aliphatic rings. The van der Waals surface area contributed by atoms with Crippen molar-refractivity contribution >= 4 is 11.6 Å². The number of rotatable bonds is 3. The van der Waals surface area contributed by atoms with E-state index in [1.165, 1.54) is 5.56 Å². The van der Waals surface area contributed by atoms with Crippen LogP contribution >= 0.6 is 11.6 Å². The van der Waals surface area contributed by atoms with E-state index in [4.69, 9.17) is 16.3 Å². The Kier molecular flexibility index (Phi) is 4.39. The average molecular weight is 289 g/mol. The van der Waals surface area contributed by atoms with Gasteiger partial charge in [-0.05, 0) is 28.7 Å². The van der Waals surface area contributed by atoms with Gasteiger partial charge < -0.3 is 4.74 Å². The average Bonchev–Trinajstić information content (AvgIpc) is 2.45. The summed E-state index contributed by atoms with van der Waals surface area (Å²) in [7, 11) is 1.69. The van der Waals surface area contributed by atoms with Gasteiger partial charge in [0.2, 0.25) is 0 Å². The van der Waals surface area contributed by atoms with Gasteiger partial charge in [0.05, 0.1) is 12.5 Å². The molecule has 2 rings (SSSR count). The number of hydrogen-bond acceptors (Lipinski definition) is 1. The normalized spacial score (nSPS) is 13.1. The molecule has 0 saturated carbocycles. The second-order valence-corrected chi connectivity index (χ2v) is 6.49. The minimum atomic E-state index is -0.0962. The van der Waals surface area contributed by atoms with Crippen LogP contribution < -0.4 is 4.74 Å². The Morgan fingerprint density at radius 3 is 2.15 bits per heavy atom. The Labute approximate surface area is 126 Å². The lowest BCUT2D eigenvalue weighted by molar-refractivity contribution is 0.369. The number of methoxy groups -OCH3 is 1. The van der Waals surface area contributed by atoms with Crippen molar-refractivity contribution < 1.29 is 4.74 Å². The van der Waals surface area contributed by atoms with Crippen molar-refractivity contribution in [1.29, 1.82) is 0 Å². The van der Waals surface area contributed by atoms with Crippen LogP contribution in [0.1, 0.15) is 31.7 Å². The first-order chi connectivity index (χ1) is 9.43. The van der Waals surface area contributed by atoms with Gasteiger partial charge in [0.1, 0.15) is 5.75 Å². The van der Waals surface area contributed by atoms with Gasteiger partial charge in [-0.2, -0.15) is 0 Å². The van der Waals surface area contributed by atoms with Crippen molar-refractivity contribution in [3.05, 3.63) is 54.1 Å². The lowest BCUT2D eigenvalue weighted by Crippen LogP contribution is -2.14. The molecule has 0 fully saturated rings. The number of benzene rings is 2. The van der Waals surface area contributed by atoms with Crippen LogP contribution in [-0.2, 0) is 0 Å². The van der Waals surface area contributed by atoms with Crippen LogP contribution in [0.3, 0.4) is 0 Å². The van der Waals surface area contributed by atoms with E-state index in [2.05, 4.69) is 45.0 Å². The lowest BCUT2D eigenvalue weighted by atomic mass is 9.86. The van der Waals surface area contributed by atoms with Crippen LogP contribution in [0.5, 0.6) is 5.75 Å². The standard InChI is InChI=1S/C18H21ClO/c1-18(2,3)17(19)15-12-14(10-11-16(15)20-4)13-8-6-5-7-9-13/h5-12,17H,1-4H3. The van der Waals surface area contributed by atoms with Gasteiger partial charge in [0, 0.05) is 5.56 Å². The molecule has 0 spiro atoms. The molecule has 0 aliphatic heterocycles. The lowest BCUT2D eigenvalue weighted by Gasteiger charge is -2.27. The molecular formula is C18H21ClO. The first-order valence-electron chi connectivity index (χ1n) is 6.81. The first kappa shape index (κ1) is 14.9. The predicted octanol–water partition coefficient (Wildman–Crippen LogP) is 5.69. The number of hydrogen-bond donors (Lipinski definition) is 0. The zero-order valence-electron chi connectivity index (χ0n) is 12.5. The third kappa shape index (κ3) is 3.16. The van der Waals surface area contributed by atoms with Crippen LogP contribution in [0.2, 0.25) is 0 Å². The minimum absolute atomic E-state index is 0.0237. The van der Waals surface area contributed by atoms with Crippen molar-refractivity contribution in [2.45, 2.75) is 26.1 Å². The van der Waals surface area contributed by atoms with Crippen LogP contribution in [0.4, 0.5) is 0 Å². The smallest absolute Gasteiger partial charge is 0.123 e. The Bertz CT molecular complexity index is 570. The molecule has 106 valence electrons. The van der Waals surface area contributed by atoms with Crippen LogP contribution in [-0.4, -0.2) is 7.11 Å². The van der Waals surface area contributed by atoms with E-state index in [0.717, 1.165) is 16.9 Å². The quantitative estimate of drug-likeness (QED) is 0.659. The maximum atomic E-state index is 6.65. The molecule has 2 heteroatoms. The van der Waals surface area contributed by atoms with E-state index >= 15 is 0 Å². The van der Waals surface area contributed by atoms with Gasteiger partial charge in [-0.15, -0.1) is 11.6 Å². The summed E-state index contributed by atoms with van der Waals surface area (Å²) in [4.78, 5) is 0. The van der Waals surface area contributed by atoms with E-state index in [1.54, 1.807) is 7.11 Å². The summed E-state index contributed by atoms with van der Waals surface area (Å²) in [6.45, 7) is 6.41. The van der Waals surface area contributed by atoms with E-state index in [0.29, 0.717) is 0 Å². The van der Waals surface area contributed by atoms with Gasteiger partial charge in [0.15, 0.2) is 0 Å². The van der Waals surface area contributed by atoms with Crippen molar-refractivity contribution in [1.82, 2.24) is 0 Å². The highest BCUT2D eigenvalue weighted by Gasteiger charge is 2.27. The fourth-order valence-corrected chi connectivity index (χ4v) is 2.38. The van der Waals surface area contributed by atoms with Gasteiger partial charge >= 0.3 is 0 Å². The predicted molar refractivity (Wildman–Crippen MR) is 86.5 cm³/mol. The van der Waals surface area contributed by atoms with Crippen LogP contribution in [0.15, 0.2) is 48.5 Å². The molecule has 0 aromatic heterocycles. The molecule has 0 radical (unpaired) electrons. The third-order valence-corrected chi connectivity index (χ3v) is 4.26.